The van der Waals surface area contributed by atoms with Gasteiger partial charge in [-0.25, -0.2) is 4.79 Å². The second-order valence-corrected chi connectivity index (χ2v) is 11.3. The second-order valence-electron chi connectivity index (χ2n) is 11.3. The maximum Gasteiger partial charge on any atom is 0.339 e. The lowest BCUT2D eigenvalue weighted by molar-refractivity contribution is 0.0525. The average Bonchev–Trinajstić information content (AvgIpc) is 3.04. The van der Waals surface area contributed by atoms with Gasteiger partial charge in [0, 0.05) is 17.6 Å². The van der Waals surface area contributed by atoms with Crippen molar-refractivity contribution in [2.24, 2.45) is 0 Å². The Bertz CT molecular complexity index is 969. The Morgan fingerprint density at radius 3 is 2.03 bits per heavy atom. The summed E-state index contributed by atoms with van der Waals surface area (Å²) < 4.78 is 7.60. The Kier molecular flexibility index (Phi) is 7.07. The minimum atomic E-state index is -0.241. The molecule has 1 saturated carbocycles. The van der Waals surface area contributed by atoms with Crippen LogP contribution in [0.2, 0.25) is 0 Å². The van der Waals surface area contributed by atoms with Crippen LogP contribution in [0, 0.1) is 6.92 Å². The van der Waals surface area contributed by atoms with Crippen molar-refractivity contribution in [3.63, 3.8) is 0 Å². The molecule has 3 heteroatoms. The molecule has 0 bridgehead atoms. The molecule has 1 aliphatic carbocycles. The second kappa shape index (κ2) is 9.29. The summed E-state index contributed by atoms with van der Waals surface area (Å²) >= 11 is 0. The first-order valence-electron chi connectivity index (χ1n) is 12.2. The molecule has 1 heterocycles. The van der Waals surface area contributed by atoms with Gasteiger partial charge in [0.25, 0.3) is 0 Å². The van der Waals surface area contributed by atoms with E-state index in [-0.39, 0.29) is 16.8 Å². The van der Waals surface area contributed by atoms with Crippen molar-refractivity contribution in [3.8, 4) is 5.69 Å². The van der Waals surface area contributed by atoms with Crippen LogP contribution in [0.25, 0.3) is 11.8 Å². The molecule has 3 nitrogen and oxygen atoms in total. The molecule has 32 heavy (non-hydrogen) atoms. The molecule has 0 N–H and O–H groups in total. The molecule has 0 saturated heterocycles. The fourth-order valence-corrected chi connectivity index (χ4v) is 4.38. The van der Waals surface area contributed by atoms with Crippen molar-refractivity contribution < 1.29 is 9.53 Å². The molecule has 2 aromatic rings. The van der Waals surface area contributed by atoms with Gasteiger partial charge in [0.05, 0.1) is 12.2 Å². The molecule has 1 aromatic carbocycles. The number of hydrogen-bond donors (Lipinski definition) is 0. The van der Waals surface area contributed by atoms with Gasteiger partial charge < -0.3 is 9.30 Å². The molecule has 0 unspecified atom stereocenters. The molecule has 0 spiro atoms. The van der Waals surface area contributed by atoms with E-state index in [1.165, 1.54) is 36.0 Å². The van der Waals surface area contributed by atoms with E-state index in [4.69, 9.17) is 4.74 Å². The molecule has 0 aliphatic heterocycles. The molecular formula is C29H41NO2. The van der Waals surface area contributed by atoms with Crippen LogP contribution in [0.4, 0.5) is 0 Å². The van der Waals surface area contributed by atoms with Gasteiger partial charge in [0.2, 0.25) is 0 Å². The first kappa shape index (κ1) is 24.4. The van der Waals surface area contributed by atoms with Gasteiger partial charge in [0.1, 0.15) is 0 Å². The third kappa shape index (κ3) is 5.36. The van der Waals surface area contributed by atoms with E-state index >= 15 is 0 Å². The Morgan fingerprint density at radius 2 is 1.53 bits per heavy atom. The van der Waals surface area contributed by atoms with Crippen molar-refractivity contribution in [1.29, 1.82) is 0 Å². The van der Waals surface area contributed by atoms with Crippen molar-refractivity contribution in [1.82, 2.24) is 4.57 Å². The summed E-state index contributed by atoms with van der Waals surface area (Å²) in [6.07, 6.45) is 10.4. The number of nitrogens with zero attached hydrogens (tertiary/aromatic N) is 1. The van der Waals surface area contributed by atoms with E-state index in [1.807, 2.05) is 13.1 Å². The topological polar surface area (TPSA) is 31.2 Å². The van der Waals surface area contributed by atoms with Gasteiger partial charge in [0.15, 0.2) is 0 Å². The smallest absolute Gasteiger partial charge is 0.339 e. The van der Waals surface area contributed by atoms with E-state index in [9.17, 15) is 4.79 Å². The molecule has 0 radical (unpaired) electrons. The van der Waals surface area contributed by atoms with Crippen LogP contribution in [0.1, 0.15) is 113 Å². The number of allylic oxidation sites excluding steroid dienone is 1. The lowest BCUT2D eigenvalue weighted by Crippen LogP contribution is -2.17. The lowest BCUT2D eigenvalue weighted by Gasteiger charge is -2.27. The molecule has 1 aromatic heterocycles. The molecule has 0 atom stereocenters. The normalized spacial score (nSPS) is 15.1. The molecule has 1 aliphatic rings. The summed E-state index contributed by atoms with van der Waals surface area (Å²) in [5, 5.41) is 0. The maximum atomic E-state index is 12.8. The quantitative estimate of drug-likeness (QED) is 0.457. The number of carbonyl (C=O) groups is 1. The van der Waals surface area contributed by atoms with E-state index in [2.05, 4.69) is 77.3 Å². The highest BCUT2D eigenvalue weighted by Crippen LogP contribution is 2.34. The highest BCUT2D eigenvalue weighted by molar-refractivity contribution is 5.92. The first-order valence-corrected chi connectivity index (χ1v) is 12.2. The largest absolute Gasteiger partial charge is 0.462 e. The van der Waals surface area contributed by atoms with Crippen LogP contribution in [0.3, 0.4) is 0 Å². The van der Waals surface area contributed by atoms with E-state index in [1.54, 1.807) is 0 Å². The van der Waals surface area contributed by atoms with Gasteiger partial charge >= 0.3 is 5.97 Å². The zero-order valence-corrected chi connectivity index (χ0v) is 21.4. The van der Waals surface area contributed by atoms with Crippen LogP contribution in [0.5, 0.6) is 0 Å². The number of carbonyl (C=O) groups excluding carboxylic acids is 1. The monoisotopic (exact) mass is 435 g/mol. The van der Waals surface area contributed by atoms with Crippen LogP contribution in [0.15, 0.2) is 30.0 Å². The minimum Gasteiger partial charge on any atom is -0.462 e. The third-order valence-electron chi connectivity index (χ3n) is 6.57. The number of hydrogen-bond acceptors (Lipinski definition) is 2. The summed E-state index contributed by atoms with van der Waals surface area (Å²) in [7, 11) is 0. The first-order chi connectivity index (χ1) is 14.9. The van der Waals surface area contributed by atoms with Crippen molar-refractivity contribution in [3.05, 3.63) is 57.9 Å². The van der Waals surface area contributed by atoms with Crippen molar-refractivity contribution in [2.75, 3.05) is 6.61 Å². The molecule has 3 rings (SSSR count). The van der Waals surface area contributed by atoms with Gasteiger partial charge in [-0.05, 0) is 85.3 Å². The summed E-state index contributed by atoms with van der Waals surface area (Å²) in [5.74, 6) is -0.241. The molecule has 0 amide bonds. The summed E-state index contributed by atoms with van der Waals surface area (Å²) in [6, 6.07) is 6.91. The SMILES string of the molecule is CCOC(=O)c1cn(-c2cc(C(C)(C)C)cc(C(C)(C)C)c2)c(C=C2CCCCC2)c1C. The fourth-order valence-electron chi connectivity index (χ4n) is 4.38. The third-order valence-corrected chi connectivity index (χ3v) is 6.57. The summed E-state index contributed by atoms with van der Waals surface area (Å²) in [5.41, 5.74) is 8.04. The molecular weight excluding hydrogens is 394 g/mol. The van der Waals surface area contributed by atoms with Crippen LogP contribution in [-0.4, -0.2) is 17.1 Å². The van der Waals surface area contributed by atoms with E-state index in [0.717, 1.165) is 29.8 Å². The number of rotatable bonds is 4. The lowest BCUT2D eigenvalue weighted by atomic mass is 9.80. The Labute approximate surface area is 194 Å². The van der Waals surface area contributed by atoms with Crippen LogP contribution in [-0.2, 0) is 15.6 Å². The van der Waals surface area contributed by atoms with Crippen molar-refractivity contribution >= 4 is 12.0 Å². The van der Waals surface area contributed by atoms with Gasteiger partial charge in [-0.15, -0.1) is 0 Å². The number of esters is 1. The zero-order chi connectivity index (χ0) is 23.7. The summed E-state index contributed by atoms with van der Waals surface area (Å²) in [4.78, 5) is 12.8. The van der Waals surface area contributed by atoms with E-state index < -0.39 is 0 Å². The number of aromatic nitrogens is 1. The maximum absolute atomic E-state index is 12.8. The standard InChI is InChI=1S/C29H41NO2/c1-9-32-27(31)25-19-30(26(20(25)2)15-21-13-11-10-12-14-21)24-17-22(28(3,4)5)16-23(18-24)29(6,7)8/h15-19H,9-14H2,1-8H3. The molecule has 174 valence electrons. The van der Waals surface area contributed by atoms with Crippen LogP contribution >= 0.6 is 0 Å². The minimum absolute atomic E-state index is 0.0319. The zero-order valence-electron chi connectivity index (χ0n) is 21.4. The van der Waals surface area contributed by atoms with E-state index in [0.29, 0.717) is 12.2 Å². The van der Waals surface area contributed by atoms with Crippen molar-refractivity contribution in [2.45, 2.75) is 98.3 Å². The van der Waals surface area contributed by atoms with Crippen LogP contribution < -0.4 is 0 Å². The number of ether oxygens (including phenoxy) is 1. The summed E-state index contributed by atoms with van der Waals surface area (Å²) in [6.45, 7) is 17.8. The highest BCUT2D eigenvalue weighted by atomic mass is 16.5. The van der Waals surface area contributed by atoms with Gasteiger partial charge in [-0.2, -0.15) is 0 Å². The highest BCUT2D eigenvalue weighted by Gasteiger charge is 2.24. The Balaban J connectivity index is 2.26. The fraction of sp³-hybridized carbons (Fsp3) is 0.552. The molecule has 1 fully saturated rings. The Hall–Kier alpha value is -2.29. The predicted molar refractivity (Wildman–Crippen MR) is 135 cm³/mol. The Morgan fingerprint density at radius 1 is 0.969 bits per heavy atom. The van der Waals surface area contributed by atoms with Gasteiger partial charge in [-0.1, -0.05) is 59.6 Å². The predicted octanol–water partition coefficient (Wildman–Crippen LogP) is 7.90. The average molecular weight is 436 g/mol. The number of benzene rings is 1. The van der Waals surface area contributed by atoms with Gasteiger partial charge in [-0.3, -0.25) is 0 Å².